The molecule has 10 nitrogen and oxygen atoms in total. The van der Waals surface area contributed by atoms with Crippen molar-refractivity contribution in [3.63, 3.8) is 0 Å². The standard InChI is InChI=1S/C18H21F3N2O8S/c1-9-8-23-11(7-10(22-23)15(24)28-5)13(31-32(26,27)18(19,20)21)12(9)14(16(25)29-6)30-17(2,3)4/h7-8,14H,1-6H3. The molecule has 0 aliphatic carbocycles. The van der Waals surface area contributed by atoms with E-state index in [4.69, 9.17) is 9.47 Å². The summed E-state index contributed by atoms with van der Waals surface area (Å²) in [5.41, 5.74) is -7.75. The van der Waals surface area contributed by atoms with Crippen molar-refractivity contribution in [3.8, 4) is 5.75 Å². The van der Waals surface area contributed by atoms with Gasteiger partial charge in [0.25, 0.3) is 0 Å². The minimum absolute atomic E-state index is 0.0732. The molecule has 0 spiro atoms. The summed E-state index contributed by atoms with van der Waals surface area (Å²) in [7, 11) is -4.09. The first kappa shape index (κ1) is 25.4. The first-order valence-electron chi connectivity index (χ1n) is 8.90. The first-order valence-corrected chi connectivity index (χ1v) is 10.3. The topological polar surface area (TPSA) is 122 Å². The van der Waals surface area contributed by atoms with Gasteiger partial charge < -0.3 is 18.4 Å². The molecule has 0 aromatic carbocycles. The SMILES string of the molecule is COC(=O)c1cc2c(OS(=O)(=O)C(F)(F)F)c(C(OC(C)(C)C)C(=O)OC)c(C)cn2n1. The van der Waals surface area contributed by atoms with E-state index >= 15 is 0 Å². The first-order chi connectivity index (χ1) is 14.5. The summed E-state index contributed by atoms with van der Waals surface area (Å²) in [4.78, 5) is 24.3. The Morgan fingerprint density at radius 2 is 1.72 bits per heavy atom. The lowest BCUT2D eigenvalue weighted by molar-refractivity contribution is -0.164. The molecule has 14 heteroatoms. The van der Waals surface area contributed by atoms with E-state index in [0.717, 1.165) is 24.8 Å². The predicted octanol–water partition coefficient (Wildman–Crippen LogP) is 2.69. The summed E-state index contributed by atoms with van der Waals surface area (Å²) in [6.45, 7) is 6.07. The Bertz CT molecular complexity index is 1150. The lowest BCUT2D eigenvalue weighted by Crippen LogP contribution is -2.31. The van der Waals surface area contributed by atoms with Gasteiger partial charge in [0.05, 0.1) is 19.8 Å². The number of aryl methyl sites for hydroxylation is 1. The Balaban J connectivity index is 2.92. The summed E-state index contributed by atoms with van der Waals surface area (Å²) in [6.07, 6.45) is -0.411. The fourth-order valence-electron chi connectivity index (χ4n) is 2.69. The van der Waals surface area contributed by atoms with E-state index in [2.05, 4.69) is 14.0 Å². The molecular weight excluding hydrogens is 461 g/mol. The minimum Gasteiger partial charge on any atom is -0.467 e. The van der Waals surface area contributed by atoms with Gasteiger partial charge in [-0.2, -0.15) is 26.7 Å². The predicted molar refractivity (Wildman–Crippen MR) is 102 cm³/mol. The summed E-state index contributed by atoms with van der Waals surface area (Å²) < 4.78 is 83.3. The molecule has 1 unspecified atom stereocenters. The Hall–Kier alpha value is -2.87. The molecule has 178 valence electrons. The normalized spacial score (nSPS) is 13.7. The zero-order valence-corrected chi connectivity index (χ0v) is 18.8. The number of esters is 2. The van der Waals surface area contributed by atoms with Crippen LogP contribution in [0.5, 0.6) is 5.75 Å². The van der Waals surface area contributed by atoms with Gasteiger partial charge in [0.2, 0.25) is 0 Å². The number of pyridine rings is 1. The fourth-order valence-corrected chi connectivity index (χ4v) is 3.18. The van der Waals surface area contributed by atoms with E-state index in [-0.39, 0.29) is 22.3 Å². The van der Waals surface area contributed by atoms with Crippen molar-refractivity contribution in [2.45, 2.75) is 44.9 Å². The number of rotatable bonds is 6. The van der Waals surface area contributed by atoms with Crippen molar-refractivity contribution in [2.75, 3.05) is 14.2 Å². The van der Waals surface area contributed by atoms with E-state index in [1.54, 1.807) is 20.8 Å². The van der Waals surface area contributed by atoms with Crippen LogP contribution in [0.2, 0.25) is 0 Å². The van der Waals surface area contributed by atoms with Gasteiger partial charge in [0.1, 0.15) is 5.52 Å². The number of carbonyl (C=O) groups excluding carboxylic acids is 2. The molecule has 0 fully saturated rings. The van der Waals surface area contributed by atoms with Gasteiger partial charge in [0, 0.05) is 17.8 Å². The number of hydrogen-bond donors (Lipinski definition) is 0. The van der Waals surface area contributed by atoms with Crippen LogP contribution in [0.15, 0.2) is 12.3 Å². The number of alkyl halides is 3. The van der Waals surface area contributed by atoms with E-state index in [9.17, 15) is 31.2 Å². The lowest BCUT2D eigenvalue weighted by Gasteiger charge is -2.28. The average Bonchev–Trinajstić information content (AvgIpc) is 3.07. The monoisotopic (exact) mass is 482 g/mol. The maximum Gasteiger partial charge on any atom is 0.534 e. The molecule has 2 aromatic heterocycles. The van der Waals surface area contributed by atoms with Crippen molar-refractivity contribution in [2.24, 2.45) is 0 Å². The number of nitrogens with zero attached hydrogens (tertiary/aromatic N) is 2. The Morgan fingerprint density at radius 3 is 2.19 bits per heavy atom. The van der Waals surface area contributed by atoms with Crippen LogP contribution in [-0.4, -0.2) is 55.3 Å². The third kappa shape index (κ3) is 5.12. The number of methoxy groups -OCH3 is 2. The summed E-state index contributed by atoms with van der Waals surface area (Å²) in [6, 6.07) is 0.960. The smallest absolute Gasteiger partial charge is 0.467 e. The summed E-state index contributed by atoms with van der Waals surface area (Å²) in [5.74, 6) is -2.85. The molecule has 2 rings (SSSR count). The highest BCUT2D eigenvalue weighted by molar-refractivity contribution is 7.88. The second-order valence-corrected chi connectivity index (χ2v) is 9.06. The molecule has 0 saturated carbocycles. The van der Waals surface area contributed by atoms with Crippen LogP contribution < -0.4 is 4.18 Å². The highest BCUT2D eigenvalue weighted by Gasteiger charge is 2.50. The zero-order valence-electron chi connectivity index (χ0n) is 17.9. The lowest BCUT2D eigenvalue weighted by atomic mass is 10.0. The maximum atomic E-state index is 13.1. The van der Waals surface area contributed by atoms with E-state index in [0.29, 0.717) is 0 Å². The third-order valence-corrected chi connectivity index (χ3v) is 4.93. The number of hydrogen-bond acceptors (Lipinski definition) is 9. The van der Waals surface area contributed by atoms with Crippen molar-refractivity contribution >= 4 is 27.6 Å². The van der Waals surface area contributed by atoms with Gasteiger partial charge in [0.15, 0.2) is 17.5 Å². The van der Waals surface area contributed by atoms with Crippen LogP contribution in [0.1, 0.15) is 48.5 Å². The second kappa shape index (κ2) is 8.58. The molecule has 0 aliphatic rings. The van der Waals surface area contributed by atoms with Gasteiger partial charge in [-0.25, -0.2) is 14.1 Å². The second-order valence-electron chi connectivity index (χ2n) is 7.52. The van der Waals surface area contributed by atoms with E-state index in [1.807, 2.05) is 0 Å². The highest BCUT2D eigenvalue weighted by atomic mass is 32.2. The van der Waals surface area contributed by atoms with Crippen LogP contribution >= 0.6 is 0 Å². The van der Waals surface area contributed by atoms with Crippen molar-refractivity contribution in [3.05, 3.63) is 29.1 Å². The van der Waals surface area contributed by atoms with Crippen molar-refractivity contribution in [1.82, 2.24) is 9.61 Å². The Morgan fingerprint density at radius 1 is 1.12 bits per heavy atom. The van der Waals surface area contributed by atoms with Gasteiger partial charge >= 0.3 is 27.6 Å². The van der Waals surface area contributed by atoms with E-state index < -0.39 is 45.0 Å². The molecule has 1 atom stereocenters. The molecule has 2 heterocycles. The molecule has 0 saturated heterocycles. The highest BCUT2D eigenvalue weighted by Crippen LogP contribution is 2.40. The maximum absolute atomic E-state index is 13.1. The molecule has 0 radical (unpaired) electrons. The van der Waals surface area contributed by atoms with Crippen LogP contribution in [0.25, 0.3) is 5.52 Å². The number of carbonyl (C=O) groups is 2. The molecule has 2 aromatic rings. The van der Waals surface area contributed by atoms with Crippen LogP contribution in [0, 0.1) is 6.92 Å². The van der Waals surface area contributed by atoms with E-state index in [1.165, 1.54) is 13.1 Å². The molecule has 0 bridgehead atoms. The largest absolute Gasteiger partial charge is 0.534 e. The quantitative estimate of drug-likeness (QED) is 0.347. The van der Waals surface area contributed by atoms with Crippen molar-refractivity contribution in [1.29, 1.82) is 0 Å². The van der Waals surface area contributed by atoms with Crippen LogP contribution in [0.4, 0.5) is 13.2 Å². The van der Waals surface area contributed by atoms with Crippen LogP contribution in [-0.2, 0) is 29.1 Å². The van der Waals surface area contributed by atoms with Crippen molar-refractivity contribution < 1.29 is 49.6 Å². The Labute approximate surface area is 181 Å². The Kier molecular flexibility index (Phi) is 6.81. The van der Waals surface area contributed by atoms with Crippen LogP contribution in [0.3, 0.4) is 0 Å². The number of fused-ring (bicyclic) bond motifs is 1. The molecular formula is C18H21F3N2O8S. The molecule has 0 aliphatic heterocycles. The zero-order chi connectivity index (χ0) is 24.6. The molecule has 0 amide bonds. The van der Waals surface area contributed by atoms with Gasteiger partial charge in [-0.1, -0.05) is 0 Å². The summed E-state index contributed by atoms with van der Waals surface area (Å²) in [5, 5.41) is 3.87. The average molecular weight is 482 g/mol. The summed E-state index contributed by atoms with van der Waals surface area (Å²) >= 11 is 0. The number of aromatic nitrogens is 2. The third-order valence-electron chi connectivity index (χ3n) is 3.97. The molecule has 0 N–H and O–H groups in total. The number of ether oxygens (including phenoxy) is 3. The minimum atomic E-state index is -6.17. The van der Waals surface area contributed by atoms with Gasteiger partial charge in [-0.15, -0.1) is 0 Å². The number of halogens is 3. The molecule has 32 heavy (non-hydrogen) atoms. The van der Waals surface area contributed by atoms with Gasteiger partial charge in [-0.05, 0) is 33.3 Å². The van der Waals surface area contributed by atoms with Gasteiger partial charge in [-0.3, -0.25) is 0 Å². The fraction of sp³-hybridized carbons (Fsp3) is 0.500.